The maximum Gasteiger partial charge on any atom is 0.169 e. The summed E-state index contributed by atoms with van der Waals surface area (Å²) in [6.45, 7) is 4.55. The molecule has 3 fully saturated rings. The summed E-state index contributed by atoms with van der Waals surface area (Å²) in [5, 5.41) is 0. The van der Waals surface area contributed by atoms with Gasteiger partial charge in [-0.25, -0.2) is 0 Å². The van der Waals surface area contributed by atoms with Crippen LogP contribution in [0, 0.1) is 5.41 Å². The summed E-state index contributed by atoms with van der Waals surface area (Å²) in [4.78, 5) is 2.37. The summed E-state index contributed by atoms with van der Waals surface area (Å²) in [5.41, 5.74) is 0.435. The van der Waals surface area contributed by atoms with Crippen LogP contribution in [0.1, 0.15) is 213 Å². The summed E-state index contributed by atoms with van der Waals surface area (Å²) in [5.74, 6) is -0.274. The SMILES string of the molecule is CCCCC/C=C\C/C=C\CCCCCCCCC1(CCCCCCCC/C=C\C/C=C\CCCCC)CCC2(C1)O[C@H]1CC(N(C)C)C[C@H]1O2. The predicted octanol–water partition coefficient (Wildman–Crippen LogP) is 14.8. The molecule has 1 heterocycles. The molecule has 1 spiro atoms. The minimum Gasteiger partial charge on any atom is -0.344 e. The van der Waals surface area contributed by atoms with Crippen LogP contribution in [0.3, 0.4) is 0 Å². The van der Waals surface area contributed by atoms with Crippen molar-refractivity contribution >= 4 is 0 Å². The summed E-state index contributed by atoms with van der Waals surface area (Å²) in [6, 6.07) is 0.611. The first kappa shape index (κ1) is 44.2. The van der Waals surface area contributed by atoms with E-state index in [9.17, 15) is 0 Å². The van der Waals surface area contributed by atoms with Crippen molar-refractivity contribution < 1.29 is 9.47 Å². The van der Waals surface area contributed by atoms with Crippen LogP contribution in [0.25, 0.3) is 0 Å². The molecule has 1 aliphatic heterocycles. The molecule has 294 valence electrons. The van der Waals surface area contributed by atoms with Crippen molar-refractivity contribution in [3.8, 4) is 0 Å². The van der Waals surface area contributed by atoms with Gasteiger partial charge in [0.1, 0.15) is 0 Å². The summed E-state index contributed by atoms with van der Waals surface area (Å²) in [7, 11) is 4.42. The van der Waals surface area contributed by atoms with Gasteiger partial charge in [-0.3, -0.25) is 0 Å². The number of fused-ring (bicyclic) bond motifs is 1. The van der Waals surface area contributed by atoms with Crippen LogP contribution in [0.4, 0.5) is 0 Å². The average Bonchev–Trinajstić information content (AvgIpc) is 3.79. The average molecular weight is 708 g/mol. The first-order valence-corrected chi connectivity index (χ1v) is 22.6. The maximum absolute atomic E-state index is 6.87. The molecule has 0 bridgehead atoms. The van der Waals surface area contributed by atoms with Gasteiger partial charge in [-0.15, -0.1) is 0 Å². The molecule has 3 heteroatoms. The van der Waals surface area contributed by atoms with Gasteiger partial charge in [0.2, 0.25) is 0 Å². The van der Waals surface area contributed by atoms with Crippen LogP contribution in [-0.2, 0) is 9.47 Å². The van der Waals surface area contributed by atoms with Gasteiger partial charge in [0, 0.05) is 18.9 Å². The molecule has 51 heavy (non-hydrogen) atoms. The Bertz CT molecular complexity index is 900. The zero-order valence-corrected chi connectivity index (χ0v) is 34.5. The molecule has 1 saturated heterocycles. The third-order valence-corrected chi connectivity index (χ3v) is 12.4. The first-order chi connectivity index (χ1) is 25.0. The number of rotatable bonds is 31. The number of hydrogen-bond donors (Lipinski definition) is 0. The number of ether oxygens (including phenoxy) is 2. The topological polar surface area (TPSA) is 21.7 Å². The van der Waals surface area contributed by atoms with Crippen molar-refractivity contribution in [1.29, 1.82) is 0 Å². The quantitative estimate of drug-likeness (QED) is 0.0529. The van der Waals surface area contributed by atoms with Crippen molar-refractivity contribution in [2.75, 3.05) is 14.1 Å². The fourth-order valence-corrected chi connectivity index (χ4v) is 9.12. The second-order valence-electron chi connectivity index (χ2n) is 17.2. The largest absolute Gasteiger partial charge is 0.344 e. The molecule has 2 saturated carbocycles. The van der Waals surface area contributed by atoms with Gasteiger partial charge in [-0.2, -0.15) is 0 Å². The minimum atomic E-state index is -0.274. The zero-order chi connectivity index (χ0) is 36.3. The van der Waals surface area contributed by atoms with E-state index in [1.54, 1.807) is 0 Å². The molecule has 0 amide bonds. The lowest BCUT2D eigenvalue weighted by atomic mass is 9.76. The van der Waals surface area contributed by atoms with E-state index in [2.05, 4.69) is 81.5 Å². The third kappa shape index (κ3) is 18.6. The van der Waals surface area contributed by atoms with E-state index in [-0.39, 0.29) is 5.79 Å². The maximum atomic E-state index is 6.87. The van der Waals surface area contributed by atoms with E-state index in [0.29, 0.717) is 23.7 Å². The molecule has 0 N–H and O–H groups in total. The van der Waals surface area contributed by atoms with Crippen LogP contribution in [-0.4, -0.2) is 43.0 Å². The Hall–Kier alpha value is -1.16. The van der Waals surface area contributed by atoms with Crippen molar-refractivity contribution in [2.45, 2.75) is 237 Å². The van der Waals surface area contributed by atoms with E-state index in [1.807, 2.05) is 0 Å². The molecule has 0 aromatic heterocycles. The van der Waals surface area contributed by atoms with Crippen LogP contribution in [0.5, 0.6) is 0 Å². The summed E-state index contributed by atoms with van der Waals surface area (Å²) in [6.07, 6.45) is 60.2. The molecule has 2 aliphatic carbocycles. The van der Waals surface area contributed by atoms with E-state index in [0.717, 1.165) is 38.5 Å². The monoisotopic (exact) mass is 708 g/mol. The molecular weight excluding hydrogens is 623 g/mol. The number of nitrogens with zero attached hydrogens (tertiary/aromatic N) is 1. The summed E-state index contributed by atoms with van der Waals surface area (Å²) < 4.78 is 13.7. The number of hydrogen-bond acceptors (Lipinski definition) is 3. The Balaban J connectivity index is 1.29. The highest BCUT2D eigenvalue weighted by atomic mass is 16.8. The van der Waals surface area contributed by atoms with Crippen molar-refractivity contribution in [1.82, 2.24) is 4.90 Å². The van der Waals surface area contributed by atoms with Gasteiger partial charge >= 0.3 is 0 Å². The van der Waals surface area contributed by atoms with Crippen LogP contribution in [0.15, 0.2) is 48.6 Å². The highest BCUT2D eigenvalue weighted by molar-refractivity contribution is 5.03. The molecular formula is C48H85NO2. The molecule has 0 radical (unpaired) electrons. The highest BCUT2D eigenvalue weighted by Gasteiger charge is 2.58. The number of unbranched alkanes of at least 4 members (excludes halogenated alkanes) is 18. The van der Waals surface area contributed by atoms with Crippen LogP contribution < -0.4 is 0 Å². The predicted molar refractivity (Wildman–Crippen MR) is 223 cm³/mol. The Kier molecular flexibility index (Phi) is 23.8. The highest BCUT2D eigenvalue weighted by Crippen LogP contribution is 2.57. The van der Waals surface area contributed by atoms with E-state index >= 15 is 0 Å². The van der Waals surface area contributed by atoms with Crippen molar-refractivity contribution in [2.24, 2.45) is 5.41 Å². The summed E-state index contributed by atoms with van der Waals surface area (Å²) >= 11 is 0. The fraction of sp³-hybridized carbons (Fsp3) is 0.833. The third-order valence-electron chi connectivity index (χ3n) is 12.4. The molecule has 3 rings (SSSR count). The van der Waals surface area contributed by atoms with Gasteiger partial charge < -0.3 is 14.4 Å². The molecule has 0 aromatic rings. The zero-order valence-electron chi connectivity index (χ0n) is 34.5. The Labute approximate surface area is 318 Å². The van der Waals surface area contributed by atoms with Gasteiger partial charge in [0.15, 0.2) is 5.79 Å². The van der Waals surface area contributed by atoms with E-state index in [1.165, 1.54) is 161 Å². The Morgan fingerprint density at radius 2 is 0.882 bits per heavy atom. The smallest absolute Gasteiger partial charge is 0.169 e. The van der Waals surface area contributed by atoms with Crippen molar-refractivity contribution in [3.63, 3.8) is 0 Å². The second kappa shape index (κ2) is 27.4. The fourth-order valence-electron chi connectivity index (χ4n) is 9.12. The molecule has 3 nitrogen and oxygen atoms in total. The standard InChI is InChI=1S/C48H85NO2/c1-5-7-9-11-13-15-17-19-21-23-25-27-29-31-33-35-37-47(39-40-48(43-47)50-45-41-44(49(3)4)42-46(45)51-48)38-36-34-32-30-28-26-24-22-20-18-16-14-12-10-8-6-2/h13-16,19-22,44-46H,5-12,17-18,23-43H2,1-4H3/b15-13-,16-14-,21-19-,22-20-/t44?,45-,46+,48?. The van der Waals surface area contributed by atoms with Crippen molar-refractivity contribution in [3.05, 3.63) is 48.6 Å². The number of allylic oxidation sites excluding steroid dienone is 8. The molecule has 2 unspecified atom stereocenters. The van der Waals surface area contributed by atoms with Gasteiger partial charge in [0.05, 0.1) is 12.2 Å². The van der Waals surface area contributed by atoms with E-state index in [4.69, 9.17) is 9.47 Å². The van der Waals surface area contributed by atoms with Gasteiger partial charge in [-0.1, -0.05) is 152 Å². The normalized spacial score (nSPS) is 24.7. The lowest BCUT2D eigenvalue weighted by Gasteiger charge is -2.33. The Morgan fingerprint density at radius 1 is 0.490 bits per heavy atom. The molecule has 0 aromatic carbocycles. The first-order valence-electron chi connectivity index (χ1n) is 22.6. The van der Waals surface area contributed by atoms with E-state index < -0.39 is 0 Å². The molecule has 3 aliphatic rings. The Morgan fingerprint density at radius 3 is 1.29 bits per heavy atom. The minimum absolute atomic E-state index is 0.274. The lowest BCUT2D eigenvalue weighted by Crippen LogP contribution is -2.33. The van der Waals surface area contributed by atoms with Gasteiger partial charge in [-0.05, 0) is 116 Å². The van der Waals surface area contributed by atoms with Gasteiger partial charge in [0.25, 0.3) is 0 Å². The lowest BCUT2D eigenvalue weighted by molar-refractivity contribution is -0.182. The molecule has 4 atom stereocenters. The van der Waals surface area contributed by atoms with Crippen LogP contribution in [0.2, 0.25) is 0 Å². The van der Waals surface area contributed by atoms with Crippen LogP contribution >= 0.6 is 0 Å². The second-order valence-corrected chi connectivity index (χ2v) is 17.2.